The molecule has 1 aliphatic heterocycles. The van der Waals surface area contributed by atoms with E-state index in [1.54, 1.807) is 12.4 Å². The average molecular weight is 368 g/mol. The molecule has 6 nitrogen and oxygen atoms in total. The molecule has 0 spiro atoms. The van der Waals surface area contributed by atoms with E-state index >= 15 is 0 Å². The molecule has 1 aliphatic rings. The van der Waals surface area contributed by atoms with E-state index in [1.165, 1.54) is 10.7 Å². The van der Waals surface area contributed by atoms with Gasteiger partial charge in [0.15, 0.2) is 0 Å². The highest BCUT2D eigenvalue weighted by Gasteiger charge is 2.32. The van der Waals surface area contributed by atoms with Gasteiger partial charge in [-0.2, -0.15) is 18.3 Å². The van der Waals surface area contributed by atoms with E-state index in [4.69, 9.17) is 4.74 Å². The fourth-order valence-corrected chi connectivity index (χ4v) is 2.78. The maximum Gasteiger partial charge on any atom is 0.416 e. The van der Waals surface area contributed by atoms with Crippen molar-refractivity contribution in [1.29, 1.82) is 0 Å². The fourth-order valence-electron chi connectivity index (χ4n) is 2.78. The summed E-state index contributed by atoms with van der Waals surface area (Å²) in [6.07, 6.45) is -1.19. The summed E-state index contributed by atoms with van der Waals surface area (Å²) >= 11 is 0. The minimum absolute atomic E-state index is 0.0767. The highest BCUT2D eigenvalue weighted by molar-refractivity contribution is 5.94. The lowest BCUT2D eigenvalue weighted by atomic mass is 10.1. The number of carbonyl (C=O) groups is 1. The maximum absolute atomic E-state index is 13.1. The smallest absolute Gasteiger partial charge is 0.378 e. The standard InChI is InChI=1S/C17H19F3N4O2/c1-12-9-21-24(10-12)11-16(25)22-14-8-13(17(18,19)20)2-3-15(14)23-4-6-26-7-5-23/h2-3,8-10H,4-7,11H2,1H3,(H,22,25). The number of amides is 1. The molecule has 9 heteroatoms. The number of halogens is 3. The number of rotatable bonds is 4. The number of hydrogen-bond donors (Lipinski definition) is 1. The quantitative estimate of drug-likeness (QED) is 0.902. The summed E-state index contributed by atoms with van der Waals surface area (Å²) < 4.78 is 45.9. The Morgan fingerprint density at radius 3 is 2.65 bits per heavy atom. The Morgan fingerprint density at radius 2 is 2.04 bits per heavy atom. The van der Waals surface area contributed by atoms with Crippen LogP contribution in [0.1, 0.15) is 11.1 Å². The molecule has 1 N–H and O–H groups in total. The molecule has 26 heavy (non-hydrogen) atoms. The number of morpholine rings is 1. The molecule has 0 aliphatic carbocycles. The monoisotopic (exact) mass is 368 g/mol. The van der Waals surface area contributed by atoms with Crippen molar-refractivity contribution in [2.24, 2.45) is 0 Å². The Labute approximate surface area is 148 Å². The van der Waals surface area contributed by atoms with E-state index in [1.807, 2.05) is 11.8 Å². The van der Waals surface area contributed by atoms with Gasteiger partial charge < -0.3 is 15.0 Å². The molecule has 0 radical (unpaired) electrons. The average Bonchev–Trinajstić information content (AvgIpc) is 2.99. The van der Waals surface area contributed by atoms with Crippen LogP contribution in [0.2, 0.25) is 0 Å². The zero-order valence-electron chi connectivity index (χ0n) is 14.2. The predicted molar refractivity (Wildman–Crippen MR) is 90.1 cm³/mol. The van der Waals surface area contributed by atoms with Crippen molar-refractivity contribution in [3.05, 3.63) is 41.7 Å². The van der Waals surface area contributed by atoms with Crippen LogP contribution < -0.4 is 10.2 Å². The Balaban J connectivity index is 1.84. The summed E-state index contributed by atoms with van der Waals surface area (Å²) in [7, 11) is 0. The number of hydrogen-bond acceptors (Lipinski definition) is 4. The lowest BCUT2D eigenvalue weighted by molar-refractivity contribution is -0.137. The van der Waals surface area contributed by atoms with Crippen LogP contribution in [0.15, 0.2) is 30.6 Å². The van der Waals surface area contributed by atoms with E-state index in [2.05, 4.69) is 10.4 Å². The van der Waals surface area contributed by atoms with Crippen molar-refractivity contribution in [2.45, 2.75) is 19.6 Å². The van der Waals surface area contributed by atoms with Gasteiger partial charge in [-0.1, -0.05) is 0 Å². The van der Waals surface area contributed by atoms with E-state index in [9.17, 15) is 18.0 Å². The number of benzene rings is 1. The Bertz CT molecular complexity index is 783. The number of anilines is 2. The molecule has 0 saturated carbocycles. The first-order valence-corrected chi connectivity index (χ1v) is 8.16. The number of alkyl halides is 3. The van der Waals surface area contributed by atoms with Gasteiger partial charge in [-0.3, -0.25) is 9.48 Å². The first-order chi connectivity index (χ1) is 12.3. The zero-order valence-corrected chi connectivity index (χ0v) is 14.2. The molecule has 0 atom stereocenters. The number of aromatic nitrogens is 2. The van der Waals surface area contributed by atoms with Crippen LogP contribution in [0.3, 0.4) is 0 Å². The van der Waals surface area contributed by atoms with Gasteiger partial charge in [0.25, 0.3) is 0 Å². The lowest BCUT2D eigenvalue weighted by Crippen LogP contribution is -2.37. The Kier molecular flexibility index (Phi) is 5.17. The normalized spacial score (nSPS) is 15.2. The van der Waals surface area contributed by atoms with Gasteiger partial charge in [0.05, 0.1) is 36.3 Å². The maximum atomic E-state index is 13.1. The van der Waals surface area contributed by atoms with Gasteiger partial charge >= 0.3 is 6.18 Å². The second-order valence-corrected chi connectivity index (χ2v) is 6.09. The molecular weight excluding hydrogens is 349 g/mol. The van der Waals surface area contributed by atoms with Crippen LogP contribution in [0, 0.1) is 6.92 Å². The van der Waals surface area contributed by atoms with E-state index in [-0.39, 0.29) is 12.2 Å². The van der Waals surface area contributed by atoms with Crippen LogP contribution >= 0.6 is 0 Å². The molecule has 1 saturated heterocycles. The molecule has 1 aromatic heterocycles. The van der Waals surface area contributed by atoms with E-state index in [0.717, 1.165) is 17.7 Å². The summed E-state index contributed by atoms with van der Waals surface area (Å²) in [6.45, 7) is 3.83. The molecule has 1 fully saturated rings. The van der Waals surface area contributed by atoms with Gasteiger partial charge in [0.2, 0.25) is 5.91 Å². The first kappa shape index (κ1) is 18.2. The molecule has 0 unspecified atom stereocenters. The molecule has 0 bridgehead atoms. The third-order valence-corrected chi connectivity index (χ3v) is 4.02. The third kappa shape index (κ3) is 4.34. The summed E-state index contributed by atoms with van der Waals surface area (Å²) in [6, 6.07) is 3.39. The molecule has 1 amide bonds. The van der Waals surface area contributed by atoms with Crippen LogP contribution in [0.25, 0.3) is 0 Å². The van der Waals surface area contributed by atoms with Crippen molar-refractivity contribution in [3.63, 3.8) is 0 Å². The minimum Gasteiger partial charge on any atom is -0.378 e. The van der Waals surface area contributed by atoms with Crippen molar-refractivity contribution in [1.82, 2.24) is 9.78 Å². The largest absolute Gasteiger partial charge is 0.416 e. The van der Waals surface area contributed by atoms with Crippen LogP contribution in [0.4, 0.5) is 24.5 Å². The zero-order chi connectivity index (χ0) is 18.7. The molecule has 1 aromatic carbocycles. The fraction of sp³-hybridized carbons (Fsp3) is 0.412. The van der Waals surface area contributed by atoms with Gasteiger partial charge in [0, 0.05) is 19.3 Å². The number of carbonyl (C=O) groups excluding carboxylic acids is 1. The predicted octanol–water partition coefficient (Wildman–Crippen LogP) is 2.69. The number of aryl methyl sites for hydroxylation is 1. The second kappa shape index (κ2) is 7.36. The number of ether oxygens (including phenoxy) is 1. The van der Waals surface area contributed by atoms with Gasteiger partial charge in [-0.15, -0.1) is 0 Å². The van der Waals surface area contributed by atoms with Crippen LogP contribution in [-0.2, 0) is 22.3 Å². The molecule has 140 valence electrons. The third-order valence-electron chi connectivity index (χ3n) is 4.02. The summed E-state index contributed by atoms with van der Waals surface area (Å²) in [5.41, 5.74) is 0.771. The highest BCUT2D eigenvalue weighted by Crippen LogP contribution is 2.35. The van der Waals surface area contributed by atoms with Crippen LogP contribution in [-0.4, -0.2) is 42.0 Å². The number of nitrogens with zero attached hydrogens (tertiary/aromatic N) is 3. The topological polar surface area (TPSA) is 59.4 Å². The molecular formula is C17H19F3N4O2. The Morgan fingerprint density at radius 1 is 1.31 bits per heavy atom. The number of nitrogens with one attached hydrogen (secondary N) is 1. The first-order valence-electron chi connectivity index (χ1n) is 8.16. The molecule has 3 rings (SSSR count). The second-order valence-electron chi connectivity index (χ2n) is 6.09. The highest BCUT2D eigenvalue weighted by atomic mass is 19.4. The summed E-state index contributed by atoms with van der Waals surface area (Å²) in [5.74, 6) is -0.443. The SMILES string of the molecule is Cc1cnn(CC(=O)Nc2cc(C(F)(F)F)ccc2N2CCOCC2)c1. The lowest BCUT2D eigenvalue weighted by Gasteiger charge is -2.31. The van der Waals surface area contributed by atoms with Crippen molar-refractivity contribution in [3.8, 4) is 0 Å². The van der Waals surface area contributed by atoms with Crippen LogP contribution in [0.5, 0.6) is 0 Å². The van der Waals surface area contributed by atoms with E-state index in [0.29, 0.717) is 32.0 Å². The van der Waals surface area contributed by atoms with Crippen molar-refractivity contribution < 1.29 is 22.7 Å². The van der Waals surface area contributed by atoms with Gasteiger partial charge in [-0.05, 0) is 30.7 Å². The Hall–Kier alpha value is -2.55. The molecule has 2 aromatic rings. The van der Waals surface area contributed by atoms with E-state index < -0.39 is 17.6 Å². The van der Waals surface area contributed by atoms with Crippen molar-refractivity contribution >= 4 is 17.3 Å². The molecule has 2 heterocycles. The summed E-state index contributed by atoms with van der Waals surface area (Å²) in [5, 5.41) is 6.61. The van der Waals surface area contributed by atoms with Gasteiger partial charge in [-0.25, -0.2) is 0 Å². The van der Waals surface area contributed by atoms with Gasteiger partial charge in [0.1, 0.15) is 6.54 Å². The minimum atomic E-state index is -4.48. The summed E-state index contributed by atoms with van der Waals surface area (Å²) in [4.78, 5) is 14.2. The van der Waals surface area contributed by atoms with Crippen molar-refractivity contribution in [2.75, 3.05) is 36.5 Å².